The van der Waals surface area contributed by atoms with Gasteiger partial charge in [-0.05, 0) is 44.4 Å². The number of carbonyl (C=O) groups excluding carboxylic acids is 2. The number of hydrogen-bond acceptors (Lipinski definition) is 7. The average molecular weight is 518 g/mol. The van der Waals surface area contributed by atoms with Crippen molar-refractivity contribution in [2.24, 2.45) is 5.41 Å². The molecule has 1 aromatic carbocycles. The van der Waals surface area contributed by atoms with E-state index in [0.29, 0.717) is 11.1 Å². The standard InChI is InChI=1S/C27H24FN5O5/c1-27(2,12-29)13-31-24(35)18-11-33-21-20(22(34)19(26(33)37)25(36)32-17-7-8-17)30-10-15(23(21)38-18)9-14-3-5-16(28)6-4-14/h3-6,10-11,17,34H,7-9,13H2,1-2H3,(H,31,35)(H,32,36). The van der Waals surface area contributed by atoms with Gasteiger partial charge in [0.25, 0.3) is 17.4 Å². The van der Waals surface area contributed by atoms with Crippen LogP contribution in [0.3, 0.4) is 0 Å². The molecular formula is C27H24FN5O5. The van der Waals surface area contributed by atoms with Gasteiger partial charge in [-0.25, -0.2) is 4.39 Å². The number of ether oxygens (including phenoxy) is 1. The molecule has 0 bridgehead atoms. The minimum atomic E-state index is -0.850. The molecule has 38 heavy (non-hydrogen) atoms. The van der Waals surface area contributed by atoms with Crippen LogP contribution in [-0.2, 0) is 11.2 Å². The lowest BCUT2D eigenvalue weighted by atomic mass is 9.96. The molecule has 3 heterocycles. The number of hydrogen-bond donors (Lipinski definition) is 3. The molecule has 0 saturated heterocycles. The lowest BCUT2D eigenvalue weighted by Crippen LogP contribution is -2.37. The summed E-state index contributed by atoms with van der Waals surface area (Å²) in [7, 11) is 0. The Kier molecular flexibility index (Phi) is 6.11. The summed E-state index contributed by atoms with van der Waals surface area (Å²) in [5.41, 5.74) is -0.978. The van der Waals surface area contributed by atoms with Crippen LogP contribution in [0.5, 0.6) is 11.5 Å². The number of nitrogens with one attached hydrogen (secondary N) is 2. The monoisotopic (exact) mass is 517 g/mol. The number of pyridine rings is 2. The first-order chi connectivity index (χ1) is 18.1. The zero-order valence-corrected chi connectivity index (χ0v) is 20.7. The van der Waals surface area contributed by atoms with Crippen molar-refractivity contribution < 1.29 is 23.8 Å². The van der Waals surface area contributed by atoms with Crippen LogP contribution >= 0.6 is 0 Å². The van der Waals surface area contributed by atoms with Crippen LogP contribution in [0.2, 0.25) is 0 Å². The third-order valence-corrected chi connectivity index (χ3v) is 6.34. The summed E-state index contributed by atoms with van der Waals surface area (Å²) in [4.78, 5) is 43.7. The van der Waals surface area contributed by atoms with Gasteiger partial charge in [-0.3, -0.25) is 23.9 Å². The normalized spacial score (nSPS) is 14.3. The Morgan fingerprint density at radius 2 is 1.97 bits per heavy atom. The molecule has 3 N–H and O–H groups in total. The van der Waals surface area contributed by atoms with Gasteiger partial charge in [0.1, 0.15) is 22.4 Å². The molecule has 0 unspecified atom stereocenters. The molecule has 0 atom stereocenters. The first kappa shape index (κ1) is 25.0. The van der Waals surface area contributed by atoms with E-state index in [1.54, 1.807) is 26.0 Å². The van der Waals surface area contributed by atoms with Crippen molar-refractivity contribution in [1.29, 1.82) is 5.26 Å². The predicted octanol–water partition coefficient (Wildman–Crippen LogP) is 2.58. The molecule has 1 aliphatic carbocycles. The van der Waals surface area contributed by atoms with Crippen LogP contribution in [0, 0.1) is 22.6 Å². The minimum Gasteiger partial charge on any atom is -0.505 e. The van der Waals surface area contributed by atoms with E-state index in [2.05, 4.69) is 21.7 Å². The minimum absolute atomic E-state index is 0.0175. The van der Waals surface area contributed by atoms with Gasteiger partial charge in [0.2, 0.25) is 5.76 Å². The summed E-state index contributed by atoms with van der Waals surface area (Å²) in [6, 6.07) is 7.80. The molecule has 2 amide bonds. The lowest BCUT2D eigenvalue weighted by Gasteiger charge is -2.23. The fourth-order valence-corrected chi connectivity index (χ4v) is 4.02. The number of halogens is 1. The Balaban J connectivity index is 1.64. The van der Waals surface area contributed by atoms with Crippen molar-refractivity contribution in [3.05, 3.63) is 69.1 Å². The Morgan fingerprint density at radius 3 is 2.63 bits per heavy atom. The van der Waals surface area contributed by atoms with Crippen LogP contribution < -0.4 is 20.9 Å². The molecule has 0 radical (unpaired) electrons. The van der Waals surface area contributed by atoms with Crippen LogP contribution in [-0.4, -0.2) is 39.1 Å². The van der Waals surface area contributed by atoms with Gasteiger partial charge in [0, 0.05) is 30.8 Å². The van der Waals surface area contributed by atoms with E-state index in [-0.39, 0.29) is 41.5 Å². The number of nitriles is 1. The number of aromatic nitrogens is 2. The molecule has 10 nitrogen and oxygen atoms in total. The van der Waals surface area contributed by atoms with Crippen LogP contribution in [0.15, 0.2) is 41.0 Å². The van der Waals surface area contributed by atoms with Gasteiger partial charge in [-0.2, -0.15) is 5.26 Å². The lowest BCUT2D eigenvalue weighted by molar-refractivity contribution is -0.119. The maximum absolute atomic E-state index is 13.5. The number of benzene rings is 1. The average Bonchev–Trinajstić information content (AvgIpc) is 3.71. The third-order valence-electron chi connectivity index (χ3n) is 6.34. The molecule has 2 aliphatic rings. The Morgan fingerprint density at radius 1 is 1.26 bits per heavy atom. The van der Waals surface area contributed by atoms with E-state index in [9.17, 15) is 29.1 Å². The summed E-state index contributed by atoms with van der Waals surface area (Å²) < 4.78 is 20.5. The molecule has 0 spiro atoms. The molecule has 2 aromatic heterocycles. The van der Waals surface area contributed by atoms with Gasteiger partial charge in [0.15, 0.2) is 11.5 Å². The van der Waals surface area contributed by atoms with Crippen molar-refractivity contribution in [2.45, 2.75) is 39.2 Å². The number of nitrogens with zero attached hydrogens (tertiary/aromatic N) is 3. The van der Waals surface area contributed by atoms with Crippen molar-refractivity contribution in [3.8, 4) is 17.6 Å². The highest BCUT2D eigenvalue weighted by Crippen LogP contribution is 2.38. The summed E-state index contributed by atoms with van der Waals surface area (Å²) in [6.07, 6.45) is 4.33. The smallest absolute Gasteiger partial charge is 0.288 e. The van der Waals surface area contributed by atoms with Gasteiger partial charge < -0.3 is 20.5 Å². The largest absolute Gasteiger partial charge is 0.505 e. The van der Waals surface area contributed by atoms with Crippen LogP contribution in [0.25, 0.3) is 17.2 Å². The number of rotatable bonds is 7. The van der Waals surface area contributed by atoms with Crippen molar-refractivity contribution in [3.63, 3.8) is 0 Å². The molecular weight excluding hydrogens is 493 g/mol. The molecule has 1 fully saturated rings. The van der Waals surface area contributed by atoms with E-state index >= 15 is 0 Å². The van der Waals surface area contributed by atoms with Gasteiger partial charge in [-0.15, -0.1) is 0 Å². The van der Waals surface area contributed by atoms with Crippen LogP contribution in [0.4, 0.5) is 4.39 Å². The quantitative estimate of drug-likeness (QED) is 0.437. The fourth-order valence-electron chi connectivity index (χ4n) is 4.02. The Bertz CT molecular complexity index is 1610. The van der Waals surface area contributed by atoms with Gasteiger partial charge in [0.05, 0.1) is 17.7 Å². The van der Waals surface area contributed by atoms with Gasteiger partial charge in [-0.1, -0.05) is 12.1 Å². The Labute approximate surface area is 216 Å². The predicted molar refractivity (Wildman–Crippen MR) is 135 cm³/mol. The van der Waals surface area contributed by atoms with Crippen molar-refractivity contribution in [2.75, 3.05) is 6.54 Å². The molecule has 5 rings (SSSR count). The molecule has 1 saturated carbocycles. The highest BCUT2D eigenvalue weighted by molar-refractivity contribution is 6.05. The van der Waals surface area contributed by atoms with E-state index in [1.165, 1.54) is 18.3 Å². The first-order valence-electron chi connectivity index (χ1n) is 12.0. The highest BCUT2D eigenvalue weighted by atomic mass is 19.1. The molecule has 3 aromatic rings. The SMILES string of the molecule is CC(C)(C#N)CNC(=O)C1=Cn2c(=O)c(C(=O)NC3CC3)c(O)c3ncc(Cc4ccc(F)cc4)c(c32)O1. The summed E-state index contributed by atoms with van der Waals surface area (Å²) in [6.45, 7) is 3.33. The maximum atomic E-state index is 13.5. The number of amides is 2. The first-order valence-corrected chi connectivity index (χ1v) is 12.0. The summed E-state index contributed by atoms with van der Waals surface area (Å²) >= 11 is 0. The number of carbonyl (C=O) groups is 2. The molecule has 11 heteroatoms. The van der Waals surface area contributed by atoms with E-state index in [1.807, 2.05) is 0 Å². The second kappa shape index (κ2) is 9.30. The highest BCUT2D eigenvalue weighted by Gasteiger charge is 2.33. The summed E-state index contributed by atoms with van der Waals surface area (Å²) in [5.74, 6) is -2.56. The second-order valence-electron chi connectivity index (χ2n) is 10.0. The van der Waals surface area contributed by atoms with Gasteiger partial charge >= 0.3 is 0 Å². The van der Waals surface area contributed by atoms with Crippen molar-refractivity contribution >= 4 is 29.0 Å². The zero-order chi connectivity index (χ0) is 27.2. The second-order valence-corrected chi connectivity index (χ2v) is 10.0. The van der Waals surface area contributed by atoms with E-state index in [4.69, 9.17) is 4.74 Å². The topological polar surface area (TPSA) is 146 Å². The van der Waals surface area contributed by atoms with Crippen molar-refractivity contribution in [1.82, 2.24) is 20.2 Å². The van der Waals surface area contributed by atoms with Crippen LogP contribution in [0.1, 0.15) is 48.2 Å². The Hall–Kier alpha value is -4.72. The van der Waals surface area contributed by atoms with E-state index < -0.39 is 39.9 Å². The fraction of sp³-hybridized carbons (Fsp3) is 0.296. The summed E-state index contributed by atoms with van der Waals surface area (Å²) in [5, 5.41) is 25.5. The maximum Gasteiger partial charge on any atom is 0.288 e. The zero-order valence-electron chi connectivity index (χ0n) is 20.7. The third kappa shape index (κ3) is 4.68. The number of aromatic hydroxyl groups is 1. The molecule has 194 valence electrons. The molecule has 1 aliphatic heterocycles. The van der Waals surface area contributed by atoms with E-state index in [0.717, 1.165) is 23.6 Å².